The topological polar surface area (TPSA) is 110 Å². The number of hydrogen-bond donors (Lipinski definition) is 2. The predicted octanol–water partition coefficient (Wildman–Crippen LogP) is 1.26. The van der Waals surface area contributed by atoms with Crippen molar-refractivity contribution in [2.75, 3.05) is 32.5 Å². The summed E-state index contributed by atoms with van der Waals surface area (Å²) in [7, 11) is -5.90. The summed E-state index contributed by atoms with van der Waals surface area (Å²) in [6.07, 6.45) is 0.598. The van der Waals surface area contributed by atoms with Crippen LogP contribution < -0.4 is 10.5 Å². The van der Waals surface area contributed by atoms with Crippen molar-refractivity contribution in [3.63, 3.8) is 0 Å². The minimum Gasteiger partial charge on any atom is -0.384 e. The number of nitrogens with one attached hydrogen (secondary N) is 1. The molecule has 0 aromatic heterocycles. The Bertz CT molecular complexity index is 793. The average Bonchev–Trinajstić information content (AvgIpc) is 2.41. The lowest BCUT2D eigenvalue weighted by molar-refractivity contribution is 0.187. The minimum atomic E-state index is -5.30. The quantitative estimate of drug-likeness (QED) is 0.497. The molecule has 3 N–H and O–H groups in total. The standard InChI is InChI=1S/C12H18ClF2N3O4S2/c1-18(2)7-3-6-17-10-5-4-9(24(16,21)22)8-11(10)23(19,20)12(13,14)15/h4-5,8,17H,3,6-7H2,1-2H3,(H2,16,21,22). The molecule has 0 spiro atoms. The van der Waals surface area contributed by atoms with Crippen molar-refractivity contribution in [3.05, 3.63) is 18.2 Å². The molecule has 0 radical (unpaired) electrons. The van der Waals surface area contributed by atoms with Crippen molar-refractivity contribution in [2.24, 2.45) is 5.14 Å². The molecule has 12 heteroatoms. The lowest BCUT2D eigenvalue weighted by Crippen LogP contribution is -2.24. The van der Waals surface area contributed by atoms with E-state index in [1.807, 2.05) is 19.0 Å². The van der Waals surface area contributed by atoms with Gasteiger partial charge in [-0.05, 0) is 56.9 Å². The Hall–Kier alpha value is -1.01. The van der Waals surface area contributed by atoms with Crippen LogP contribution in [-0.4, -0.2) is 53.6 Å². The van der Waals surface area contributed by atoms with Crippen LogP contribution in [0.25, 0.3) is 0 Å². The zero-order valence-electron chi connectivity index (χ0n) is 13.0. The summed E-state index contributed by atoms with van der Waals surface area (Å²) in [4.78, 5) is 0.343. The fraction of sp³-hybridized carbons (Fsp3) is 0.500. The molecule has 138 valence electrons. The maximum absolute atomic E-state index is 13.3. The van der Waals surface area contributed by atoms with Crippen molar-refractivity contribution < 1.29 is 25.6 Å². The van der Waals surface area contributed by atoms with Gasteiger partial charge in [0.25, 0.3) is 9.84 Å². The van der Waals surface area contributed by atoms with Gasteiger partial charge in [0.05, 0.1) is 15.5 Å². The van der Waals surface area contributed by atoms with Gasteiger partial charge in [-0.3, -0.25) is 0 Å². The number of alkyl halides is 3. The van der Waals surface area contributed by atoms with E-state index in [2.05, 4.69) is 16.9 Å². The average molecular weight is 406 g/mol. The van der Waals surface area contributed by atoms with E-state index in [0.717, 1.165) is 12.1 Å². The first-order valence-electron chi connectivity index (χ1n) is 6.63. The van der Waals surface area contributed by atoms with E-state index in [0.29, 0.717) is 19.0 Å². The van der Waals surface area contributed by atoms with Crippen LogP contribution in [0, 0.1) is 0 Å². The van der Waals surface area contributed by atoms with Gasteiger partial charge in [0, 0.05) is 6.54 Å². The first-order valence-corrected chi connectivity index (χ1v) is 10.0. The Morgan fingerprint density at radius 1 is 1.25 bits per heavy atom. The maximum Gasteiger partial charge on any atom is 0.427 e. The van der Waals surface area contributed by atoms with Crippen LogP contribution in [0.5, 0.6) is 0 Å². The van der Waals surface area contributed by atoms with Gasteiger partial charge in [-0.1, -0.05) is 0 Å². The van der Waals surface area contributed by atoms with E-state index in [4.69, 9.17) is 5.14 Å². The third-order valence-electron chi connectivity index (χ3n) is 2.97. The normalized spacial score (nSPS) is 13.3. The minimum absolute atomic E-state index is 0.179. The SMILES string of the molecule is CN(C)CCCNc1ccc(S(N)(=O)=O)cc1S(=O)(=O)C(F)(F)Cl. The lowest BCUT2D eigenvalue weighted by atomic mass is 10.3. The summed E-state index contributed by atoms with van der Waals surface area (Å²) >= 11 is 4.66. The molecule has 1 aromatic carbocycles. The molecule has 0 unspecified atom stereocenters. The summed E-state index contributed by atoms with van der Waals surface area (Å²) in [5.74, 6) is 0. The monoisotopic (exact) mass is 405 g/mol. The molecular formula is C12H18ClF2N3O4S2. The Labute approximate surface area is 144 Å². The van der Waals surface area contributed by atoms with Gasteiger partial charge in [0.15, 0.2) is 0 Å². The van der Waals surface area contributed by atoms with Crippen LogP contribution in [0.1, 0.15) is 6.42 Å². The van der Waals surface area contributed by atoms with E-state index in [1.165, 1.54) is 0 Å². The van der Waals surface area contributed by atoms with Gasteiger partial charge in [-0.25, -0.2) is 22.0 Å². The number of anilines is 1. The van der Waals surface area contributed by atoms with E-state index in [9.17, 15) is 25.6 Å². The number of hydrogen-bond acceptors (Lipinski definition) is 6. The predicted molar refractivity (Wildman–Crippen MR) is 87.5 cm³/mol. The van der Waals surface area contributed by atoms with E-state index < -0.39 is 34.4 Å². The molecule has 0 aliphatic rings. The number of sulfonamides is 1. The molecule has 0 aliphatic heterocycles. The highest BCUT2D eigenvalue weighted by Crippen LogP contribution is 2.37. The second-order valence-corrected chi connectivity index (χ2v) is 9.46. The van der Waals surface area contributed by atoms with Gasteiger partial charge < -0.3 is 10.2 Å². The third kappa shape index (κ3) is 5.24. The number of nitrogens with two attached hydrogens (primary N) is 1. The van der Waals surface area contributed by atoms with Gasteiger partial charge >= 0.3 is 4.71 Å². The zero-order valence-corrected chi connectivity index (χ0v) is 15.4. The highest BCUT2D eigenvalue weighted by Gasteiger charge is 2.45. The fourth-order valence-corrected chi connectivity index (χ4v) is 3.62. The molecule has 0 aliphatic carbocycles. The Morgan fingerprint density at radius 3 is 2.29 bits per heavy atom. The van der Waals surface area contributed by atoms with E-state index in [-0.39, 0.29) is 12.2 Å². The number of benzene rings is 1. The van der Waals surface area contributed by atoms with E-state index >= 15 is 0 Å². The van der Waals surface area contributed by atoms with Crippen LogP contribution in [-0.2, 0) is 19.9 Å². The summed E-state index contributed by atoms with van der Waals surface area (Å²) in [6.45, 7) is 0.958. The number of rotatable bonds is 8. The molecular weight excluding hydrogens is 388 g/mol. The van der Waals surface area contributed by atoms with Crippen molar-refractivity contribution >= 4 is 37.1 Å². The van der Waals surface area contributed by atoms with Gasteiger partial charge in [0.2, 0.25) is 10.0 Å². The van der Waals surface area contributed by atoms with Crippen LogP contribution in [0.15, 0.2) is 28.0 Å². The first-order chi connectivity index (χ1) is 10.8. The highest BCUT2D eigenvalue weighted by atomic mass is 35.5. The largest absolute Gasteiger partial charge is 0.427 e. The molecule has 0 heterocycles. The molecule has 0 amide bonds. The fourth-order valence-electron chi connectivity index (χ4n) is 1.79. The number of nitrogens with zero attached hydrogens (tertiary/aromatic N) is 1. The van der Waals surface area contributed by atoms with Gasteiger partial charge in [0.1, 0.15) is 0 Å². The van der Waals surface area contributed by atoms with Crippen molar-refractivity contribution in [1.29, 1.82) is 0 Å². The summed E-state index contributed by atoms with van der Waals surface area (Å²) in [5, 5.41) is 7.61. The molecule has 0 saturated carbocycles. The molecule has 24 heavy (non-hydrogen) atoms. The summed E-state index contributed by atoms with van der Waals surface area (Å²) < 4.78 is 68.5. The number of sulfone groups is 1. The molecule has 7 nitrogen and oxygen atoms in total. The maximum atomic E-state index is 13.3. The number of primary sulfonamides is 1. The molecule has 0 bridgehead atoms. The van der Waals surface area contributed by atoms with Crippen LogP contribution in [0.4, 0.5) is 14.5 Å². The zero-order chi connectivity index (χ0) is 18.8. The van der Waals surface area contributed by atoms with Crippen LogP contribution in [0.2, 0.25) is 0 Å². The van der Waals surface area contributed by atoms with Gasteiger partial charge in [-0.15, -0.1) is 0 Å². The smallest absolute Gasteiger partial charge is 0.384 e. The summed E-state index contributed by atoms with van der Waals surface area (Å²) in [5.41, 5.74) is -0.179. The first kappa shape index (κ1) is 21.0. The highest BCUT2D eigenvalue weighted by molar-refractivity contribution is 7.94. The Balaban J connectivity index is 3.29. The second kappa shape index (κ2) is 7.48. The molecule has 1 aromatic rings. The molecule has 0 fully saturated rings. The van der Waals surface area contributed by atoms with Crippen LogP contribution >= 0.6 is 11.6 Å². The van der Waals surface area contributed by atoms with E-state index in [1.54, 1.807) is 0 Å². The lowest BCUT2D eigenvalue weighted by Gasteiger charge is -2.16. The Morgan fingerprint density at radius 2 is 1.83 bits per heavy atom. The molecule has 1 rings (SSSR count). The number of halogens is 3. The molecule has 0 atom stereocenters. The van der Waals surface area contributed by atoms with Gasteiger partial charge in [-0.2, -0.15) is 8.78 Å². The van der Waals surface area contributed by atoms with Crippen LogP contribution in [0.3, 0.4) is 0 Å². The Kier molecular flexibility index (Phi) is 6.56. The van der Waals surface area contributed by atoms with Crippen molar-refractivity contribution in [3.8, 4) is 0 Å². The van der Waals surface area contributed by atoms with Crippen molar-refractivity contribution in [1.82, 2.24) is 4.90 Å². The second-order valence-electron chi connectivity index (χ2n) is 5.24. The summed E-state index contributed by atoms with van der Waals surface area (Å²) in [6, 6.07) is 2.65. The molecule has 0 saturated heterocycles. The van der Waals surface area contributed by atoms with Crippen molar-refractivity contribution in [2.45, 2.75) is 20.9 Å². The third-order valence-corrected chi connectivity index (χ3v) is 6.02.